The van der Waals surface area contributed by atoms with Crippen molar-refractivity contribution in [2.45, 2.75) is 10.9 Å². The highest BCUT2D eigenvalue weighted by atomic mass is 32.2. The van der Waals surface area contributed by atoms with Crippen molar-refractivity contribution in [2.75, 3.05) is 26.3 Å². The Balaban J connectivity index is 2.40. The first-order valence-corrected chi connectivity index (χ1v) is 7.15. The molecule has 1 fully saturated rings. The van der Waals surface area contributed by atoms with Gasteiger partial charge >= 0.3 is 0 Å². The summed E-state index contributed by atoms with van der Waals surface area (Å²) in [6.07, 6.45) is 0. The Labute approximate surface area is 110 Å². The van der Waals surface area contributed by atoms with Crippen LogP contribution >= 0.6 is 0 Å². The molecule has 0 bridgehead atoms. The molecule has 1 aromatic rings. The number of nitrogens with two attached hydrogens (primary N) is 1. The number of halogens is 2. The van der Waals surface area contributed by atoms with E-state index in [2.05, 4.69) is 0 Å². The van der Waals surface area contributed by atoms with Crippen LogP contribution in [-0.4, -0.2) is 45.1 Å². The number of morpholine rings is 1. The van der Waals surface area contributed by atoms with Crippen LogP contribution in [0, 0.1) is 11.6 Å². The van der Waals surface area contributed by atoms with Crippen molar-refractivity contribution in [2.24, 2.45) is 5.73 Å². The fourth-order valence-electron chi connectivity index (χ4n) is 1.95. The van der Waals surface area contributed by atoms with E-state index in [4.69, 9.17) is 10.5 Å². The van der Waals surface area contributed by atoms with Gasteiger partial charge in [-0.25, -0.2) is 17.2 Å². The maximum atomic E-state index is 13.1. The molecular weight excluding hydrogens is 278 g/mol. The minimum absolute atomic E-state index is 0.0804. The predicted octanol–water partition coefficient (Wildman–Crippen LogP) is 0.313. The topological polar surface area (TPSA) is 72.6 Å². The fourth-order valence-corrected chi connectivity index (χ4v) is 3.60. The number of benzene rings is 1. The van der Waals surface area contributed by atoms with Crippen LogP contribution in [0.25, 0.3) is 0 Å². The zero-order chi connectivity index (χ0) is 14.0. The lowest BCUT2D eigenvalue weighted by Crippen LogP contribution is -2.51. The zero-order valence-electron chi connectivity index (χ0n) is 10.1. The molecule has 1 aromatic carbocycles. The molecule has 1 heterocycles. The molecule has 1 aliphatic rings. The van der Waals surface area contributed by atoms with Crippen LogP contribution in [0.15, 0.2) is 23.1 Å². The lowest BCUT2D eigenvalue weighted by atomic mass is 10.3. The monoisotopic (exact) mass is 292 g/mol. The quantitative estimate of drug-likeness (QED) is 0.870. The van der Waals surface area contributed by atoms with E-state index in [1.54, 1.807) is 0 Å². The number of hydrogen-bond acceptors (Lipinski definition) is 4. The average molecular weight is 292 g/mol. The molecular formula is C11H14F2N2O3S. The van der Waals surface area contributed by atoms with E-state index in [0.29, 0.717) is 6.07 Å². The molecule has 1 atom stereocenters. The molecule has 0 radical (unpaired) electrons. The highest BCUT2D eigenvalue weighted by molar-refractivity contribution is 7.89. The Kier molecular flexibility index (Phi) is 4.14. The molecule has 19 heavy (non-hydrogen) atoms. The molecule has 2 N–H and O–H groups in total. The van der Waals surface area contributed by atoms with Gasteiger partial charge in [0.1, 0.15) is 11.6 Å². The minimum Gasteiger partial charge on any atom is -0.378 e. The third-order valence-electron chi connectivity index (χ3n) is 2.89. The van der Waals surface area contributed by atoms with Crippen LogP contribution in [-0.2, 0) is 14.8 Å². The van der Waals surface area contributed by atoms with E-state index < -0.39 is 32.6 Å². The first-order valence-electron chi connectivity index (χ1n) is 5.71. The van der Waals surface area contributed by atoms with Gasteiger partial charge in [0.25, 0.3) is 0 Å². The maximum Gasteiger partial charge on any atom is 0.243 e. The normalized spacial score (nSPS) is 21.5. The molecule has 2 rings (SSSR count). The summed E-state index contributed by atoms with van der Waals surface area (Å²) in [5.74, 6) is -1.87. The summed E-state index contributed by atoms with van der Waals surface area (Å²) in [6, 6.07) is 1.69. The summed E-state index contributed by atoms with van der Waals surface area (Å²) in [6.45, 7) is 0.598. The van der Waals surface area contributed by atoms with Gasteiger partial charge in [0.15, 0.2) is 0 Å². The van der Waals surface area contributed by atoms with E-state index >= 15 is 0 Å². The molecule has 0 spiro atoms. The Bertz CT molecular complexity index is 545. The minimum atomic E-state index is -3.97. The Morgan fingerprint density at radius 2 is 1.95 bits per heavy atom. The fraction of sp³-hybridized carbons (Fsp3) is 0.455. The van der Waals surface area contributed by atoms with Crippen molar-refractivity contribution in [3.63, 3.8) is 0 Å². The van der Waals surface area contributed by atoms with Crippen LogP contribution in [0.3, 0.4) is 0 Å². The third kappa shape index (κ3) is 2.92. The van der Waals surface area contributed by atoms with E-state index in [-0.39, 0.29) is 26.3 Å². The molecule has 1 saturated heterocycles. The Hall–Kier alpha value is -1.09. The second-order valence-corrected chi connectivity index (χ2v) is 6.08. The van der Waals surface area contributed by atoms with Crippen molar-refractivity contribution in [3.05, 3.63) is 29.8 Å². The van der Waals surface area contributed by atoms with E-state index in [1.807, 2.05) is 0 Å². The molecule has 1 unspecified atom stereocenters. The Morgan fingerprint density at radius 3 is 2.53 bits per heavy atom. The number of sulfonamides is 1. The molecule has 106 valence electrons. The summed E-state index contributed by atoms with van der Waals surface area (Å²) in [4.78, 5) is -0.412. The van der Waals surface area contributed by atoms with Gasteiger partial charge in [0, 0.05) is 19.2 Å². The average Bonchev–Trinajstić information content (AvgIpc) is 2.37. The molecule has 1 aliphatic heterocycles. The van der Waals surface area contributed by atoms with Gasteiger partial charge in [-0.3, -0.25) is 0 Å². The van der Waals surface area contributed by atoms with E-state index in [9.17, 15) is 17.2 Å². The van der Waals surface area contributed by atoms with Crippen LogP contribution in [0.1, 0.15) is 0 Å². The molecule has 8 heteroatoms. The third-order valence-corrected chi connectivity index (χ3v) is 4.82. The van der Waals surface area contributed by atoms with Crippen molar-refractivity contribution in [1.82, 2.24) is 4.31 Å². The van der Waals surface area contributed by atoms with Gasteiger partial charge < -0.3 is 10.5 Å². The van der Waals surface area contributed by atoms with Crippen LogP contribution < -0.4 is 5.73 Å². The zero-order valence-corrected chi connectivity index (χ0v) is 10.9. The lowest BCUT2D eigenvalue weighted by Gasteiger charge is -2.33. The first kappa shape index (κ1) is 14.3. The van der Waals surface area contributed by atoms with E-state index in [0.717, 1.165) is 16.4 Å². The molecule has 0 aromatic heterocycles. The van der Waals surface area contributed by atoms with Gasteiger partial charge in [-0.1, -0.05) is 0 Å². The standard InChI is InChI=1S/C11H14F2N2O3S/c12-8-3-9(13)5-11(4-8)19(16,17)15-1-2-18-7-10(15)6-14/h3-5,10H,1-2,6-7,14H2. The van der Waals surface area contributed by atoms with Gasteiger partial charge in [-0.05, 0) is 12.1 Å². The van der Waals surface area contributed by atoms with Crippen LogP contribution in [0.5, 0.6) is 0 Å². The van der Waals surface area contributed by atoms with Crippen LogP contribution in [0.2, 0.25) is 0 Å². The first-order chi connectivity index (χ1) is 8.95. The SMILES string of the molecule is NCC1COCCN1S(=O)(=O)c1cc(F)cc(F)c1. The van der Waals surface area contributed by atoms with Gasteiger partial charge in [0.2, 0.25) is 10.0 Å². The van der Waals surface area contributed by atoms with Crippen LogP contribution in [0.4, 0.5) is 8.78 Å². The predicted molar refractivity (Wildman–Crippen MR) is 63.9 cm³/mol. The van der Waals surface area contributed by atoms with Gasteiger partial charge in [-0.2, -0.15) is 4.31 Å². The summed E-state index contributed by atoms with van der Waals surface area (Å²) in [7, 11) is -3.97. The molecule has 5 nitrogen and oxygen atoms in total. The van der Waals surface area contributed by atoms with Crippen molar-refractivity contribution >= 4 is 10.0 Å². The Morgan fingerprint density at radius 1 is 1.32 bits per heavy atom. The van der Waals surface area contributed by atoms with Gasteiger partial charge in [-0.15, -0.1) is 0 Å². The highest BCUT2D eigenvalue weighted by Gasteiger charge is 2.33. The summed E-state index contributed by atoms with van der Waals surface area (Å²) >= 11 is 0. The summed E-state index contributed by atoms with van der Waals surface area (Å²) in [5.41, 5.74) is 5.49. The van der Waals surface area contributed by atoms with Crippen molar-refractivity contribution < 1.29 is 21.9 Å². The maximum absolute atomic E-state index is 13.1. The van der Waals surface area contributed by atoms with Crippen molar-refractivity contribution in [1.29, 1.82) is 0 Å². The van der Waals surface area contributed by atoms with E-state index in [1.165, 1.54) is 0 Å². The molecule has 0 amide bonds. The second-order valence-electron chi connectivity index (χ2n) is 4.19. The number of ether oxygens (including phenoxy) is 1. The largest absolute Gasteiger partial charge is 0.378 e. The van der Waals surface area contributed by atoms with Crippen molar-refractivity contribution in [3.8, 4) is 0 Å². The highest BCUT2D eigenvalue weighted by Crippen LogP contribution is 2.22. The number of hydrogen-bond donors (Lipinski definition) is 1. The summed E-state index contributed by atoms with van der Waals surface area (Å²) in [5, 5.41) is 0. The second kappa shape index (κ2) is 5.49. The summed E-state index contributed by atoms with van der Waals surface area (Å²) < 4.78 is 57.2. The lowest BCUT2D eigenvalue weighted by molar-refractivity contribution is 0.0358. The number of rotatable bonds is 3. The molecule has 0 aliphatic carbocycles. The number of nitrogens with zero attached hydrogens (tertiary/aromatic N) is 1. The molecule has 0 saturated carbocycles. The smallest absolute Gasteiger partial charge is 0.243 e. The van der Waals surface area contributed by atoms with Gasteiger partial charge in [0.05, 0.1) is 24.2 Å².